The zero-order chi connectivity index (χ0) is 21.3. The number of aliphatic imine (C=N–C) groups is 1. The Balaban J connectivity index is 1.89. The number of halogens is 1. The van der Waals surface area contributed by atoms with Crippen LogP contribution < -0.4 is 10.9 Å². The molecule has 7 nitrogen and oxygen atoms in total. The summed E-state index contributed by atoms with van der Waals surface area (Å²) in [5.41, 5.74) is 2.87. The molecule has 0 atom stereocenters. The summed E-state index contributed by atoms with van der Waals surface area (Å²) in [4.78, 5) is 35.7. The Morgan fingerprint density at radius 2 is 2.07 bits per heavy atom. The van der Waals surface area contributed by atoms with Crippen LogP contribution in [0.3, 0.4) is 0 Å². The predicted octanol–water partition coefficient (Wildman–Crippen LogP) is 2.47. The number of carbonyl (C=O) groups excluding carboxylic acids is 1. The topological polar surface area (TPSA) is 79.6 Å². The van der Waals surface area contributed by atoms with Crippen LogP contribution in [-0.4, -0.2) is 39.2 Å². The van der Waals surface area contributed by atoms with Crippen LogP contribution in [0.15, 0.2) is 38.7 Å². The first-order valence-electron chi connectivity index (χ1n) is 9.77. The van der Waals surface area contributed by atoms with Gasteiger partial charge in [-0.05, 0) is 53.7 Å². The van der Waals surface area contributed by atoms with Crippen LogP contribution in [0, 0.1) is 0 Å². The number of rotatable bonds is 6. The minimum atomic E-state index is -0.906. The quantitative estimate of drug-likeness (QED) is 0.451. The fourth-order valence-electron chi connectivity index (χ4n) is 3.60. The van der Waals surface area contributed by atoms with E-state index in [2.05, 4.69) is 28.9 Å². The fourth-order valence-corrected chi connectivity index (χ4v) is 3.60. The van der Waals surface area contributed by atoms with E-state index in [1.165, 1.54) is 6.33 Å². The highest BCUT2D eigenvalue weighted by Crippen LogP contribution is 2.36. The molecule has 2 heterocycles. The number of nitrogens with zero attached hydrogens (tertiary/aromatic N) is 4. The maximum atomic E-state index is 13.4. The minimum Gasteiger partial charge on any atom is -0.365 e. The molecule has 0 aromatic carbocycles. The van der Waals surface area contributed by atoms with Crippen LogP contribution in [-0.2, 0) is 24.6 Å². The number of hydrogen-bond acceptors (Lipinski definition) is 5. The van der Waals surface area contributed by atoms with E-state index in [1.807, 2.05) is 20.8 Å². The number of allylic oxidation sites excluding steroid dienone is 1. The Hall–Kier alpha value is -2.77. The molecule has 8 heteroatoms. The maximum Gasteiger partial charge on any atom is 0.259 e. The van der Waals surface area contributed by atoms with Gasteiger partial charge in [-0.2, -0.15) is 0 Å². The van der Waals surface area contributed by atoms with Crippen molar-refractivity contribution in [2.45, 2.75) is 65.8 Å². The second-order valence-corrected chi connectivity index (χ2v) is 8.23. The lowest BCUT2D eigenvalue weighted by molar-refractivity contribution is -0.127. The van der Waals surface area contributed by atoms with Gasteiger partial charge in [-0.15, -0.1) is 0 Å². The summed E-state index contributed by atoms with van der Waals surface area (Å²) in [7, 11) is 0. The van der Waals surface area contributed by atoms with Gasteiger partial charge < -0.3 is 10.2 Å². The van der Waals surface area contributed by atoms with Crippen molar-refractivity contribution < 1.29 is 9.18 Å². The highest BCUT2D eigenvalue weighted by molar-refractivity contribution is 5.98. The highest BCUT2D eigenvalue weighted by Gasteiger charge is 2.38. The van der Waals surface area contributed by atoms with Gasteiger partial charge in [0.25, 0.3) is 11.5 Å². The standard InChI is InChI=1S/C21H28FN5O2/c1-13(2)17(14(3)18(23-5)25-21(4)7-8-21)20(29)26-9-6-15-16(10-26)24-12-27(11-22)19(15)28/h12,25H,5-11H2,1-4H3/b18-14-. The summed E-state index contributed by atoms with van der Waals surface area (Å²) in [6.45, 7) is 11.1. The van der Waals surface area contributed by atoms with Crippen molar-refractivity contribution in [1.82, 2.24) is 19.8 Å². The minimum absolute atomic E-state index is 0.0118. The van der Waals surface area contributed by atoms with Gasteiger partial charge >= 0.3 is 0 Å². The second kappa shape index (κ2) is 7.93. The third-order valence-electron chi connectivity index (χ3n) is 5.63. The molecule has 0 bridgehead atoms. The van der Waals surface area contributed by atoms with E-state index in [9.17, 15) is 14.0 Å². The van der Waals surface area contributed by atoms with Gasteiger partial charge in [0.2, 0.25) is 0 Å². The van der Waals surface area contributed by atoms with E-state index in [-0.39, 0.29) is 23.6 Å². The maximum absolute atomic E-state index is 13.4. The molecule has 0 saturated heterocycles. The average Bonchev–Trinajstić information content (AvgIpc) is 3.43. The third-order valence-corrected chi connectivity index (χ3v) is 5.63. The van der Waals surface area contributed by atoms with E-state index in [0.717, 1.165) is 28.6 Å². The van der Waals surface area contributed by atoms with E-state index < -0.39 is 6.80 Å². The molecule has 1 N–H and O–H groups in total. The number of amides is 1. The molecule has 3 rings (SSSR count). The lowest BCUT2D eigenvalue weighted by Gasteiger charge is -2.30. The first-order valence-corrected chi connectivity index (χ1v) is 9.77. The molecule has 29 heavy (non-hydrogen) atoms. The normalized spacial score (nSPS) is 17.8. The van der Waals surface area contributed by atoms with Gasteiger partial charge in [0.15, 0.2) is 6.80 Å². The van der Waals surface area contributed by atoms with E-state index in [1.54, 1.807) is 4.90 Å². The molecule has 0 unspecified atom stereocenters. The molecule has 1 aliphatic heterocycles. The molecular formula is C21H28FN5O2. The van der Waals surface area contributed by atoms with Gasteiger partial charge in [0.1, 0.15) is 12.1 Å². The predicted molar refractivity (Wildman–Crippen MR) is 110 cm³/mol. The molecule has 1 aromatic heterocycles. The summed E-state index contributed by atoms with van der Waals surface area (Å²) in [6.07, 6.45) is 3.67. The fraction of sp³-hybridized carbons (Fsp3) is 0.524. The molecular weight excluding hydrogens is 373 g/mol. The number of fused-ring (bicyclic) bond motifs is 1. The second-order valence-electron chi connectivity index (χ2n) is 8.23. The monoisotopic (exact) mass is 401 g/mol. The Kier molecular flexibility index (Phi) is 5.73. The van der Waals surface area contributed by atoms with Crippen molar-refractivity contribution in [2.24, 2.45) is 4.99 Å². The van der Waals surface area contributed by atoms with Gasteiger partial charge in [-0.25, -0.2) is 14.4 Å². The molecule has 1 amide bonds. The highest BCUT2D eigenvalue weighted by atomic mass is 19.1. The smallest absolute Gasteiger partial charge is 0.259 e. The summed E-state index contributed by atoms with van der Waals surface area (Å²) in [6, 6.07) is 0. The molecule has 0 spiro atoms. The molecule has 1 aliphatic carbocycles. The number of hydrogen-bond donors (Lipinski definition) is 1. The summed E-state index contributed by atoms with van der Waals surface area (Å²) < 4.78 is 13.8. The van der Waals surface area contributed by atoms with Gasteiger partial charge in [0, 0.05) is 28.8 Å². The van der Waals surface area contributed by atoms with Crippen LogP contribution in [0.1, 0.15) is 51.8 Å². The van der Waals surface area contributed by atoms with E-state index >= 15 is 0 Å². The van der Waals surface area contributed by atoms with Crippen molar-refractivity contribution >= 4 is 12.6 Å². The van der Waals surface area contributed by atoms with Crippen LogP contribution >= 0.6 is 0 Å². The lowest BCUT2D eigenvalue weighted by atomic mass is 9.98. The molecule has 1 saturated carbocycles. The first-order chi connectivity index (χ1) is 13.7. The molecule has 1 aromatic rings. The van der Waals surface area contributed by atoms with E-state index in [4.69, 9.17) is 0 Å². The average molecular weight is 401 g/mol. The summed E-state index contributed by atoms with van der Waals surface area (Å²) in [5.74, 6) is 0.490. The molecule has 2 aliphatic rings. The Labute approximate surface area is 170 Å². The van der Waals surface area contributed by atoms with Crippen molar-refractivity contribution in [3.63, 3.8) is 0 Å². The number of aromatic nitrogens is 2. The number of carbonyl (C=O) groups is 1. The van der Waals surface area contributed by atoms with Crippen LogP contribution in [0.2, 0.25) is 0 Å². The van der Waals surface area contributed by atoms with Crippen molar-refractivity contribution in [3.05, 3.63) is 50.5 Å². The van der Waals surface area contributed by atoms with Crippen LogP contribution in [0.25, 0.3) is 0 Å². The Bertz CT molecular complexity index is 968. The van der Waals surface area contributed by atoms with Crippen LogP contribution in [0.4, 0.5) is 4.39 Å². The largest absolute Gasteiger partial charge is 0.365 e. The van der Waals surface area contributed by atoms with Crippen LogP contribution in [0.5, 0.6) is 0 Å². The van der Waals surface area contributed by atoms with E-state index in [0.29, 0.717) is 35.6 Å². The summed E-state index contributed by atoms with van der Waals surface area (Å²) in [5, 5.41) is 3.40. The van der Waals surface area contributed by atoms with Gasteiger partial charge in [-0.3, -0.25) is 14.2 Å². The van der Waals surface area contributed by atoms with Crippen molar-refractivity contribution in [3.8, 4) is 0 Å². The zero-order valence-electron chi connectivity index (χ0n) is 17.5. The Morgan fingerprint density at radius 3 is 2.62 bits per heavy atom. The molecule has 1 fully saturated rings. The molecule has 0 radical (unpaired) electrons. The lowest BCUT2D eigenvalue weighted by Crippen LogP contribution is -2.41. The van der Waals surface area contributed by atoms with Gasteiger partial charge in [0.05, 0.1) is 12.2 Å². The third kappa shape index (κ3) is 4.16. The Morgan fingerprint density at radius 1 is 1.38 bits per heavy atom. The number of nitrogens with one attached hydrogen (secondary N) is 1. The summed E-state index contributed by atoms with van der Waals surface area (Å²) >= 11 is 0. The number of alkyl halides is 1. The van der Waals surface area contributed by atoms with Gasteiger partial charge in [-0.1, -0.05) is 5.57 Å². The molecule has 156 valence electrons. The van der Waals surface area contributed by atoms with Crippen molar-refractivity contribution in [2.75, 3.05) is 6.54 Å². The SMILES string of the molecule is C=N/C(NC1(C)CC1)=C(\C)C(C(=O)N1CCc2c(ncn(CF)c2=O)C1)=C(C)C. The first kappa shape index (κ1) is 21.0. The zero-order valence-corrected chi connectivity index (χ0v) is 17.5. The van der Waals surface area contributed by atoms with Crippen molar-refractivity contribution in [1.29, 1.82) is 0 Å².